The second-order valence-electron chi connectivity index (χ2n) is 10.9. The minimum absolute atomic E-state index is 0. The predicted octanol–water partition coefficient (Wildman–Crippen LogP) is 7.17. The molecule has 2 aromatic carbocycles. The van der Waals surface area contributed by atoms with Gasteiger partial charge in [0.2, 0.25) is 0 Å². The zero-order valence-electron chi connectivity index (χ0n) is 22.2. The molecule has 4 heteroatoms. The first kappa shape index (κ1) is 29.6. The molecule has 193 valence electrons. The number of rotatable bonds is 1. The average molecular weight is 653 g/mol. The van der Waals surface area contributed by atoms with Gasteiger partial charge in [-0.25, -0.2) is 0 Å². The zero-order chi connectivity index (χ0) is 24.9. The van der Waals surface area contributed by atoms with Crippen molar-refractivity contribution in [3.63, 3.8) is 0 Å². The van der Waals surface area contributed by atoms with Crippen LogP contribution in [0.15, 0.2) is 42.5 Å². The molecule has 5 rings (SSSR count). The van der Waals surface area contributed by atoms with Crippen LogP contribution in [0.25, 0.3) is 22.2 Å². The van der Waals surface area contributed by atoms with Gasteiger partial charge in [0, 0.05) is 32.6 Å². The van der Waals surface area contributed by atoms with Crippen molar-refractivity contribution in [3.05, 3.63) is 65.2 Å². The first-order valence-corrected chi connectivity index (χ1v) is 12.8. The molecule has 2 saturated carbocycles. The van der Waals surface area contributed by atoms with Crippen LogP contribution in [0.1, 0.15) is 76.0 Å². The molecule has 0 aliphatic heterocycles. The summed E-state index contributed by atoms with van der Waals surface area (Å²) in [5.74, 6) is 1.58. The van der Waals surface area contributed by atoms with Crippen LogP contribution < -0.4 is 0 Å². The summed E-state index contributed by atoms with van der Waals surface area (Å²) in [4.78, 5) is 4.87. The average Bonchev–Trinajstić information content (AvgIpc) is 3.20. The Morgan fingerprint density at radius 2 is 1.63 bits per heavy atom. The largest absolute Gasteiger partial charge is 0.400 e. The number of benzene rings is 2. The van der Waals surface area contributed by atoms with Gasteiger partial charge in [0.15, 0.2) is 0 Å². The van der Waals surface area contributed by atoms with Gasteiger partial charge in [-0.2, -0.15) is 0 Å². The molecular weight excluding hydrogens is 611 g/mol. The fourth-order valence-electron chi connectivity index (χ4n) is 5.69. The topological polar surface area (TPSA) is 53.4 Å². The van der Waals surface area contributed by atoms with Gasteiger partial charge >= 0.3 is 0 Å². The smallest absolute Gasteiger partial charge is 0.0598 e. The summed E-state index contributed by atoms with van der Waals surface area (Å²) in [5.41, 5.74) is 6.98. The van der Waals surface area contributed by atoms with E-state index in [1.54, 1.807) is 0 Å². The summed E-state index contributed by atoms with van der Waals surface area (Å²) in [6, 6.07) is 18.4. The number of nitrogens with zero attached hydrogens (tertiary/aromatic N) is 1. The van der Waals surface area contributed by atoms with Crippen LogP contribution in [-0.4, -0.2) is 28.4 Å². The standard InChI is InChI=1S/C21H22N.C9H16O.CH4O.Ir/c1-14-11-15(2)13-16(12-14)19-10-9-17-18(21(3,4)5)7-6-8-20(17)22-19;10-9-6-5-7-3-1-2-4-8(7)9;1-2;/h6-12H,1-5H3;7-10H,1-6H2;2H,1H3;/q-1;;;. The normalized spacial score (nSPS) is 21.1. The molecule has 2 aliphatic carbocycles. The molecule has 1 aromatic heterocycles. The van der Waals surface area contributed by atoms with Crippen molar-refractivity contribution in [1.82, 2.24) is 4.98 Å². The molecule has 2 aliphatic rings. The fourth-order valence-corrected chi connectivity index (χ4v) is 5.69. The minimum atomic E-state index is 0. The van der Waals surface area contributed by atoms with Gasteiger partial charge in [0.05, 0.1) is 11.6 Å². The van der Waals surface area contributed by atoms with E-state index in [0.717, 1.165) is 41.8 Å². The van der Waals surface area contributed by atoms with E-state index in [0.29, 0.717) is 5.92 Å². The minimum Gasteiger partial charge on any atom is -0.400 e. The summed E-state index contributed by atoms with van der Waals surface area (Å²) >= 11 is 0. The molecule has 2 fully saturated rings. The number of aliphatic hydroxyl groups excluding tert-OH is 2. The Kier molecular flexibility index (Phi) is 11.1. The molecule has 0 bridgehead atoms. The second kappa shape index (κ2) is 13.1. The molecule has 0 amide bonds. The number of hydrogen-bond acceptors (Lipinski definition) is 3. The Balaban J connectivity index is 0.000000278. The van der Waals surface area contributed by atoms with Crippen molar-refractivity contribution < 1.29 is 30.3 Å². The zero-order valence-corrected chi connectivity index (χ0v) is 24.6. The van der Waals surface area contributed by atoms with Gasteiger partial charge in [-0.3, -0.25) is 4.98 Å². The van der Waals surface area contributed by atoms with Crippen LogP contribution in [0.3, 0.4) is 0 Å². The Morgan fingerprint density at radius 3 is 2.29 bits per heavy atom. The van der Waals surface area contributed by atoms with Crippen LogP contribution in [-0.2, 0) is 25.5 Å². The monoisotopic (exact) mass is 653 g/mol. The van der Waals surface area contributed by atoms with E-state index < -0.39 is 0 Å². The summed E-state index contributed by atoms with van der Waals surface area (Å²) in [7, 11) is 1.00. The SMILES string of the molecule is CO.Cc1[c-]c(-c2ccc3c(C(C)(C)C)cccc3n2)cc(C)c1.OC1CCC2CCCCC12.[Ir]. The maximum atomic E-state index is 9.52. The van der Waals surface area contributed by atoms with E-state index in [2.05, 4.69) is 83.1 Å². The van der Waals surface area contributed by atoms with Crippen LogP contribution in [0.4, 0.5) is 0 Å². The third-order valence-electron chi connectivity index (χ3n) is 7.26. The molecule has 1 heterocycles. The second-order valence-corrected chi connectivity index (χ2v) is 10.9. The van der Waals surface area contributed by atoms with Gasteiger partial charge in [-0.1, -0.05) is 78.1 Å². The molecule has 3 aromatic rings. The molecule has 2 N–H and O–H groups in total. The van der Waals surface area contributed by atoms with Crippen molar-refractivity contribution in [3.8, 4) is 11.3 Å². The molecule has 1 radical (unpaired) electrons. The van der Waals surface area contributed by atoms with Gasteiger partial charge in [-0.15, -0.1) is 34.9 Å². The van der Waals surface area contributed by atoms with Gasteiger partial charge in [0.1, 0.15) is 0 Å². The summed E-state index contributed by atoms with van der Waals surface area (Å²) in [5, 5.41) is 17.8. The van der Waals surface area contributed by atoms with Gasteiger partial charge in [0.25, 0.3) is 0 Å². The number of fused-ring (bicyclic) bond motifs is 2. The van der Waals surface area contributed by atoms with E-state index in [1.807, 2.05) is 0 Å². The van der Waals surface area contributed by atoms with Gasteiger partial charge in [-0.05, 0) is 53.8 Å². The summed E-state index contributed by atoms with van der Waals surface area (Å²) < 4.78 is 0. The first-order valence-electron chi connectivity index (χ1n) is 12.8. The molecule has 0 saturated heterocycles. The molecule has 35 heavy (non-hydrogen) atoms. The van der Waals surface area contributed by atoms with Gasteiger partial charge < -0.3 is 10.2 Å². The number of hydrogen-bond donors (Lipinski definition) is 2. The van der Waals surface area contributed by atoms with Crippen molar-refractivity contribution in [1.29, 1.82) is 0 Å². The maximum Gasteiger partial charge on any atom is 0.0598 e. The third kappa shape index (κ3) is 7.46. The quantitative estimate of drug-likeness (QED) is 0.274. The maximum absolute atomic E-state index is 9.52. The van der Waals surface area contributed by atoms with Crippen LogP contribution in [0, 0.1) is 31.7 Å². The van der Waals surface area contributed by atoms with E-state index in [-0.39, 0.29) is 31.6 Å². The third-order valence-corrected chi connectivity index (χ3v) is 7.26. The Bertz CT molecular complexity index is 1070. The van der Waals surface area contributed by atoms with Crippen LogP contribution >= 0.6 is 0 Å². The van der Waals surface area contributed by atoms with Crippen molar-refractivity contribution in [2.24, 2.45) is 11.8 Å². The molecular formula is C31H42IrNO2-. The number of aromatic nitrogens is 1. The van der Waals surface area contributed by atoms with Crippen LogP contribution in [0.5, 0.6) is 0 Å². The van der Waals surface area contributed by atoms with E-state index >= 15 is 0 Å². The Morgan fingerprint density at radius 1 is 0.914 bits per heavy atom. The van der Waals surface area contributed by atoms with Crippen molar-refractivity contribution in [2.45, 2.75) is 84.7 Å². The van der Waals surface area contributed by atoms with E-state index in [1.165, 1.54) is 48.6 Å². The van der Waals surface area contributed by atoms with Crippen LogP contribution in [0.2, 0.25) is 0 Å². The van der Waals surface area contributed by atoms with E-state index in [9.17, 15) is 5.11 Å². The summed E-state index contributed by atoms with van der Waals surface area (Å²) in [6.45, 7) is 10.9. The molecule has 3 atom stereocenters. The predicted molar refractivity (Wildman–Crippen MR) is 143 cm³/mol. The van der Waals surface area contributed by atoms with Crippen molar-refractivity contribution in [2.75, 3.05) is 7.11 Å². The number of pyridine rings is 1. The molecule has 3 nitrogen and oxygen atoms in total. The molecule has 0 spiro atoms. The first-order chi connectivity index (χ1) is 16.2. The fraction of sp³-hybridized carbons (Fsp3) is 0.516. The number of aryl methyl sites for hydroxylation is 2. The summed E-state index contributed by atoms with van der Waals surface area (Å²) in [6.07, 6.45) is 7.89. The molecule has 3 unspecified atom stereocenters. The number of aliphatic hydroxyl groups is 2. The van der Waals surface area contributed by atoms with E-state index in [4.69, 9.17) is 10.1 Å². The Labute approximate surface area is 225 Å². The van der Waals surface area contributed by atoms with Crippen molar-refractivity contribution >= 4 is 10.9 Å². The Hall–Kier alpha value is -1.58.